The van der Waals surface area contributed by atoms with Crippen LogP contribution in [0.3, 0.4) is 0 Å². The van der Waals surface area contributed by atoms with Crippen molar-refractivity contribution in [3.63, 3.8) is 0 Å². The summed E-state index contributed by atoms with van der Waals surface area (Å²) >= 11 is 0. The zero-order chi connectivity index (χ0) is 13.6. The summed E-state index contributed by atoms with van der Waals surface area (Å²) < 4.78 is 25.7. The van der Waals surface area contributed by atoms with Gasteiger partial charge in [0.25, 0.3) is 6.43 Å². The Kier molecular flexibility index (Phi) is 7.01. The molecule has 0 atom stereocenters. The van der Waals surface area contributed by atoms with Crippen LogP contribution in [-0.4, -0.2) is 0 Å². The monoisotopic (exact) mass is 242 g/mol. The van der Waals surface area contributed by atoms with Gasteiger partial charge in [0.2, 0.25) is 0 Å². The van der Waals surface area contributed by atoms with Crippen LogP contribution in [0.15, 0.2) is 18.2 Å². The molecule has 1 rings (SSSR count). The largest absolute Gasteiger partial charge is 0.264 e. The molecule has 0 aromatic heterocycles. The van der Waals surface area contributed by atoms with E-state index in [9.17, 15) is 8.78 Å². The summed E-state index contributed by atoms with van der Waals surface area (Å²) in [6.07, 6.45) is -2.37. The average molecular weight is 242 g/mol. The molecule has 0 saturated carbocycles. The van der Waals surface area contributed by atoms with E-state index in [2.05, 4.69) is 0 Å². The van der Waals surface area contributed by atoms with Crippen molar-refractivity contribution in [1.82, 2.24) is 0 Å². The van der Waals surface area contributed by atoms with Crippen LogP contribution in [-0.2, 0) is 0 Å². The fourth-order valence-corrected chi connectivity index (χ4v) is 1.67. The van der Waals surface area contributed by atoms with E-state index in [1.807, 2.05) is 53.7 Å². The zero-order valence-electron chi connectivity index (χ0n) is 11.7. The molecule has 2 heteroatoms. The molecule has 0 bridgehead atoms. The summed E-state index contributed by atoms with van der Waals surface area (Å²) in [6.45, 7) is 11.9. The van der Waals surface area contributed by atoms with Gasteiger partial charge in [-0.25, -0.2) is 8.78 Å². The summed E-state index contributed by atoms with van der Waals surface area (Å²) in [4.78, 5) is 0. The standard InChI is InChI=1S/C13H18F2.C2H6/c1-8(2)10-5-6-11(9(3)4)12(7-10)13(14)15;1-2/h5-9,13H,1-4H3;1-2H3. The minimum absolute atomic E-state index is 0.148. The highest BCUT2D eigenvalue weighted by Crippen LogP contribution is 2.31. The molecule has 0 aliphatic carbocycles. The van der Waals surface area contributed by atoms with Gasteiger partial charge in [0, 0.05) is 5.56 Å². The quantitative estimate of drug-likeness (QED) is 0.619. The highest BCUT2D eigenvalue weighted by molar-refractivity contribution is 5.36. The summed E-state index contributed by atoms with van der Waals surface area (Å²) in [5.41, 5.74) is 1.93. The Morgan fingerprint density at radius 1 is 0.824 bits per heavy atom. The van der Waals surface area contributed by atoms with Crippen LogP contribution in [0.2, 0.25) is 0 Å². The topological polar surface area (TPSA) is 0 Å². The number of rotatable bonds is 3. The van der Waals surface area contributed by atoms with E-state index < -0.39 is 6.43 Å². The molecule has 0 nitrogen and oxygen atoms in total. The van der Waals surface area contributed by atoms with Crippen molar-refractivity contribution in [3.05, 3.63) is 34.9 Å². The first-order valence-electron chi connectivity index (χ1n) is 6.35. The van der Waals surface area contributed by atoms with Gasteiger partial charge in [-0.1, -0.05) is 53.7 Å². The van der Waals surface area contributed by atoms with Crippen LogP contribution in [0, 0.1) is 0 Å². The lowest BCUT2D eigenvalue weighted by atomic mass is 9.92. The first-order valence-corrected chi connectivity index (χ1v) is 6.35. The normalized spacial score (nSPS) is 10.8. The van der Waals surface area contributed by atoms with E-state index in [1.165, 1.54) is 0 Å². The van der Waals surface area contributed by atoms with Crippen LogP contribution in [0.4, 0.5) is 8.78 Å². The highest BCUT2D eigenvalue weighted by atomic mass is 19.3. The van der Waals surface area contributed by atoms with Gasteiger partial charge < -0.3 is 0 Å². The van der Waals surface area contributed by atoms with E-state index >= 15 is 0 Å². The van der Waals surface area contributed by atoms with Crippen LogP contribution < -0.4 is 0 Å². The van der Waals surface area contributed by atoms with Gasteiger partial charge in [-0.05, 0) is 29.0 Å². The highest BCUT2D eigenvalue weighted by Gasteiger charge is 2.16. The van der Waals surface area contributed by atoms with E-state index in [1.54, 1.807) is 6.07 Å². The Bertz CT molecular complexity index is 328. The first-order chi connectivity index (χ1) is 7.93. The Morgan fingerprint density at radius 3 is 1.71 bits per heavy atom. The van der Waals surface area contributed by atoms with Crippen molar-refractivity contribution >= 4 is 0 Å². The third-order valence-corrected chi connectivity index (χ3v) is 2.63. The SMILES string of the molecule is CC.CC(C)c1ccc(C(C)C)c(C(F)F)c1. The van der Waals surface area contributed by atoms with E-state index in [4.69, 9.17) is 0 Å². The van der Waals surface area contributed by atoms with Crippen LogP contribution in [0.25, 0.3) is 0 Å². The summed E-state index contributed by atoms with van der Waals surface area (Å²) in [7, 11) is 0. The van der Waals surface area contributed by atoms with Crippen molar-refractivity contribution < 1.29 is 8.78 Å². The zero-order valence-corrected chi connectivity index (χ0v) is 11.7. The molecule has 0 amide bonds. The molecule has 1 aromatic rings. The first kappa shape index (κ1) is 16.1. The van der Waals surface area contributed by atoms with Gasteiger partial charge in [-0.3, -0.25) is 0 Å². The van der Waals surface area contributed by atoms with Gasteiger partial charge in [0.1, 0.15) is 0 Å². The summed E-state index contributed by atoms with van der Waals surface area (Å²) in [5.74, 6) is 0.443. The molecule has 17 heavy (non-hydrogen) atoms. The van der Waals surface area contributed by atoms with Crippen LogP contribution >= 0.6 is 0 Å². The lowest BCUT2D eigenvalue weighted by molar-refractivity contribution is 0.149. The fraction of sp³-hybridized carbons (Fsp3) is 0.600. The van der Waals surface area contributed by atoms with Gasteiger partial charge >= 0.3 is 0 Å². The molecule has 0 aliphatic heterocycles. The number of hydrogen-bond donors (Lipinski definition) is 0. The second-order valence-electron chi connectivity index (χ2n) is 4.50. The predicted octanol–water partition coefficient (Wildman–Crippen LogP) is 5.90. The van der Waals surface area contributed by atoms with Crippen molar-refractivity contribution in [2.75, 3.05) is 0 Å². The fourth-order valence-electron chi connectivity index (χ4n) is 1.67. The van der Waals surface area contributed by atoms with Crippen molar-refractivity contribution in [2.45, 2.75) is 59.8 Å². The Labute approximate surface area is 104 Å². The van der Waals surface area contributed by atoms with E-state index in [0.717, 1.165) is 11.1 Å². The number of hydrogen-bond acceptors (Lipinski definition) is 0. The minimum Gasteiger partial charge on any atom is -0.205 e. The maximum absolute atomic E-state index is 12.8. The molecule has 0 aliphatic rings. The Hall–Kier alpha value is -0.920. The van der Waals surface area contributed by atoms with Gasteiger partial charge in [0.05, 0.1) is 0 Å². The molecule has 0 saturated heterocycles. The lowest BCUT2D eigenvalue weighted by Gasteiger charge is -2.15. The third-order valence-electron chi connectivity index (χ3n) is 2.63. The number of alkyl halides is 2. The molecular weight excluding hydrogens is 218 g/mol. The minimum atomic E-state index is -2.37. The van der Waals surface area contributed by atoms with Crippen molar-refractivity contribution in [3.8, 4) is 0 Å². The van der Waals surface area contributed by atoms with Gasteiger partial charge in [0.15, 0.2) is 0 Å². The molecule has 0 radical (unpaired) electrons. The van der Waals surface area contributed by atoms with E-state index in [0.29, 0.717) is 5.92 Å². The third kappa shape index (κ3) is 4.45. The molecule has 0 N–H and O–H groups in total. The predicted molar refractivity (Wildman–Crippen MR) is 70.9 cm³/mol. The Balaban J connectivity index is 0.00000121. The molecule has 0 heterocycles. The van der Waals surface area contributed by atoms with Crippen molar-refractivity contribution in [2.24, 2.45) is 0 Å². The lowest BCUT2D eigenvalue weighted by Crippen LogP contribution is -1.99. The van der Waals surface area contributed by atoms with E-state index in [-0.39, 0.29) is 11.5 Å². The second-order valence-corrected chi connectivity index (χ2v) is 4.50. The molecule has 1 aromatic carbocycles. The summed E-state index contributed by atoms with van der Waals surface area (Å²) in [6, 6.07) is 5.43. The number of benzene rings is 1. The average Bonchev–Trinajstić information content (AvgIpc) is 2.30. The van der Waals surface area contributed by atoms with Crippen LogP contribution in [0.1, 0.15) is 76.5 Å². The maximum atomic E-state index is 12.8. The maximum Gasteiger partial charge on any atom is 0.264 e. The smallest absolute Gasteiger partial charge is 0.205 e. The second kappa shape index (κ2) is 7.41. The molecule has 98 valence electrons. The van der Waals surface area contributed by atoms with Crippen LogP contribution in [0.5, 0.6) is 0 Å². The van der Waals surface area contributed by atoms with Crippen molar-refractivity contribution in [1.29, 1.82) is 0 Å². The van der Waals surface area contributed by atoms with Gasteiger partial charge in [-0.15, -0.1) is 0 Å². The molecule has 0 fully saturated rings. The molecule has 0 spiro atoms. The Morgan fingerprint density at radius 2 is 1.35 bits per heavy atom. The molecule has 0 unspecified atom stereocenters. The van der Waals surface area contributed by atoms with Gasteiger partial charge in [-0.2, -0.15) is 0 Å². The number of halogens is 2. The summed E-state index contributed by atoms with van der Waals surface area (Å²) in [5, 5.41) is 0. The molecular formula is C15H24F2.